The average Bonchev–Trinajstić information content (AvgIpc) is 2.72. The Morgan fingerprint density at radius 1 is 1.69 bits per heavy atom. The fraction of sp³-hybridized carbons (Fsp3) is 0.600. The monoisotopic (exact) mass is 242 g/mol. The van der Waals surface area contributed by atoms with Crippen LogP contribution in [0.2, 0.25) is 5.15 Å². The lowest BCUT2D eigenvalue weighted by molar-refractivity contribution is -0.119. The van der Waals surface area contributed by atoms with Crippen LogP contribution in [0.3, 0.4) is 0 Å². The normalized spacial score (nSPS) is 20.2. The van der Waals surface area contributed by atoms with Gasteiger partial charge in [-0.2, -0.15) is 5.10 Å². The van der Waals surface area contributed by atoms with Gasteiger partial charge in [0.25, 0.3) is 0 Å². The molecule has 16 heavy (non-hydrogen) atoms. The fourth-order valence-electron chi connectivity index (χ4n) is 1.87. The van der Waals surface area contributed by atoms with E-state index in [1.165, 1.54) is 0 Å². The van der Waals surface area contributed by atoms with Gasteiger partial charge in [-0.15, -0.1) is 0 Å². The molecular weight excluding hydrogens is 228 g/mol. The Hall–Kier alpha value is -1.07. The molecule has 1 amide bonds. The number of nitrogens with one attached hydrogen (secondary N) is 2. The third-order valence-electron chi connectivity index (χ3n) is 2.81. The highest BCUT2D eigenvalue weighted by atomic mass is 35.5. The predicted octanol–water partition coefficient (Wildman–Crippen LogP) is 0.360. The first-order valence-corrected chi connectivity index (χ1v) is 5.63. The third kappa shape index (κ3) is 2.20. The van der Waals surface area contributed by atoms with Gasteiger partial charge in [0, 0.05) is 38.2 Å². The van der Waals surface area contributed by atoms with Crippen molar-refractivity contribution in [2.75, 3.05) is 6.54 Å². The minimum absolute atomic E-state index is 0.103. The highest BCUT2D eigenvalue weighted by molar-refractivity contribution is 6.30. The first kappa shape index (κ1) is 11.4. The number of halogens is 1. The van der Waals surface area contributed by atoms with Crippen molar-refractivity contribution in [2.45, 2.75) is 25.9 Å². The summed E-state index contributed by atoms with van der Waals surface area (Å²) >= 11 is 6.11. The second kappa shape index (κ2) is 4.43. The lowest BCUT2D eigenvalue weighted by Crippen LogP contribution is -2.30. The summed E-state index contributed by atoms with van der Waals surface area (Å²) in [6, 6.07) is 0.197. The van der Waals surface area contributed by atoms with E-state index in [1.54, 1.807) is 4.68 Å². The number of aromatic nitrogens is 2. The average molecular weight is 243 g/mol. The van der Waals surface area contributed by atoms with Crippen molar-refractivity contribution in [3.63, 3.8) is 0 Å². The number of aryl methyl sites for hydroxylation is 2. The predicted molar refractivity (Wildman–Crippen MR) is 61.2 cm³/mol. The molecule has 88 valence electrons. The quantitative estimate of drug-likeness (QED) is 0.805. The zero-order valence-electron chi connectivity index (χ0n) is 9.38. The van der Waals surface area contributed by atoms with Gasteiger partial charge in [0.1, 0.15) is 5.15 Å². The second-order valence-corrected chi connectivity index (χ2v) is 4.42. The van der Waals surface area contributed by atoms with Crippen LogP contribution in [0.1, 0.15) is 17.7 Å². The zero-order valence-corrected chi connectivity index (χ0v) is 10.1. The van der Waals surface area contributed by atoms with E-state index in [0.29, 0.717) is 24.7 Å². The van der Waals surface area contributed by atoms with Crippen molar-refractivity contribution >= 4 is 17.5 Å². The van der Waals surface area contributed by atoms with Crippen LogP contribution in [0, 0.1) is 6.92 Å². The molecule has 1 aliphatic rings. The SMILES string of the molecule is Cc1nn(C)c(Cl)c1CNC1CNC(=O)C1. The van der Waals surface area contributed by atoms with Crippen molar-refractivity contribution in [2.24, 2.45) is 7.05 Å². The van der Waals surface area contributed by atoms with Crippen molar-refractivity contribution in [1.82, 2.24) is 20.4 Å². The summed E-state index contributed by atoms with van der Waals surface area (Å²) in [5.41, 5.74) is 1.93. The Morgan fingerprint density at radius 2 is 2.44 bits per heavy atom. The molecule has 5 nitrogen and oxygen atoms in total. The molecule has 1 aliphatic heterocycles. The fourth-order valence-corrected chi connectivity index (χ4v) is 2.11. The van der Waals surface area contributed by atoms with E-state index in [0.717, 1.165) is 11.3 Å². The summed E-state index contributed by atoms with van der Waals surface area (Å²) in [4.78, 5) is 11.0. The minimum atomic E-state index is 0.103. The Balaban J connectivity index is 1.97. The summed E-state index contributed by atoms with van der Waals surface area (Å²) in [5, 5.41) is 11.0. The van der Waals surface area contributed by atoms with Crippen LogP contribution in [0.4, 0.5) is 0 Å². The summed E-state index contributed by atoms with van der Waals surface area (Å²) in [6.07, 6.45) is 0.539. The summed E-state index contributed by atoms with van der Waals surface area (Å²) in [7, 11) is 1.82. The van der Waals surface area contributed by atoms with Crippen LogP contribution in [0.5, 0.6) is 0 Å². The van der Waals surface area contributed by atoms with Crippen molar-refractivity contribution in [1.29, 1.82) is 0 Å². The summed E-state index contributed by atoms with van der Waals surface area (Å²) < 4.78 is 1.66. The van der Waals surface area contributed by atoms with E-state index in [9.17, 15) is 4.79 Å². The maximum atomic E-state index is 11.0. The molecule has 1 unspecified atom stereocenters. The number of carbonyl (C=O) groups is 1. The van der Waals surface area contributed by atoms with Gasteiger partial charge in [0.2, 0.25) is 5.91 Å². The molecule has 1 aromatic heterocycles. The molecule has 0 aromatic carbocycles. The molecule has 0 spiro atoms. The van der Waals surface area contributed by atoms with Crippen LogP contribution < -0.4 is 10.6 Å². The Bertz CT molecular complexity index is 415. The summed E-state index contributed by atoms with van der Waals surface area (Å²) in [6.45, 7) is 3.27. The Labute approximate surface area is 99.2 Å². The van der Waals surface area contributed by atoms with E-state index < -0.39 is 0 Å². The van der Waals surface area contributed by atoms with E-state index in [2.05, 4.69) is 15.7 Å². The van der Waals surface area contributed by atoms with Gasteiger partial charge in [-0.25, -0.2) is 0 Å². The number of amides is 1. The van der Waals surface area contributed by atoms with Gasteiger partial charge in [-0.05, 0) is 6.92 Å². The molecule has 2 N–H and O–H groups in total. The smallest absolute Gasteiger partial charge is 0.221 e. The van der Waals surface area contributed by atoms with Crippen LogP contribution in [0.25, 0.3) is 0 Å². The van der Waals surface area contributed by atoms with Crippen LogP contribution in [-0.4, -0.2) is 28.3 Å². The Morgan fingerprint density at radius 3 is 2.94 bits per heavy atom. The van der Waals surface area contributed by atoms with Crippen molar-refractivity contribution in [3.05, 3.63) is 16.4 Å². The number of hydrogen-bond acceptors (Lipinski definition) is 3. The number of rotatable bonds is 3. The van der Waals surface area contributed by atoms with E-state index in [1.807, 2.05) is 14.0 Å². The molecule has 2 heterocycles. The van der Waals surface area contributed by atoms with Gasteiger partial charge in [0.05, 0.1) is 5.69 Å². The maximum absolute atomic E-state index is 11.0. The van der Waals surface area contributed by atoms with Crippen LogP contribution >= 0.6 is 11.6 Å². The topological polar surface area (TPSA) is 59.0 Å². The molecule has 2 rings (SSSR count). The third-order valence-corrected chi connectivity index (χ3v) is 3.29. The highest BCUT2D eigenvalue weighted by Gasteiger charge is 2.21. The number of carbonyl (C=O) groups excluding carboxylic acids is 1. The van der Waals surface area contributed by atoms with Crippen LogP contribution in [0.15, 0.2) is 0 Å². The van der Waals surface area contributed by atoms with Crippen LogP contribution in [-0.2, 0) is 18.4 Å². The molecule has 0 bridgehead atoms. The minimum Gasteiger partial charge on any atom is -0.354 e. The lowest BCUT2D eigenvalue weighted by atomic mass is 10.2. The van der Waals surface area contributed by atoms with Crippen molar-refractivity contribution < 1.29 is 4.79 Å². The highest BCUT2D eigenvalue weighted by Crippen LogP contribution is 2.18. The largest absolute Gasteiger partial charge is 0.354 e. The molecule has 1 fully saturated rings. The molecule has 6 heteroatoms. The van der Waals surface area contributed by atoms with Gasteiger partial charge >= 0.3 is 0 Å². The molecule has 0 aliphatic carbocycles. The molecule has 0 radical (unpaired) electrons. The Kier molecular flexibility index (Phi) is 3.16. The maximum Gasteiger partial charge on any atom is 0.221 e. The van der Waals surface area contributed by atoms with E-state index in [4.69, 9.17) is 11.6 Å². The lowest BCUT2D eigenvalue weighted by Gasteiger charge is -2.09. The van der Waals surface area contributed by atoms with E-state index in [-0.39, 0.29) is 11.9 Å². The summed E-state index contributed by atoms with van der Waals surface area (Å²) in [5.74, 6) is 0.103. The number of nitrogens with zero attached hydrogens (tertiary/aromatic N) is 2. The molecule has 1 aromatic rings. The molecular formula is C10H15ClN4O. The van der Waals surface area contributed by atoms with E-state index >= 15 is 0 Å². The van der Waals surface area contributed by atoms with Gasteiger partial charge in [-0.3, -0.25) is 9.48 Å². The molecule has 0 saturated carbocycles. The molecule has 1 atom stereocenters. The first-order valence-electron chi connectivity index (χ1n) is 5.26. The molecule has 1 saturated heterocycles. The standard InChI is InChI=1S/C10H15ClN4O/c1-6-8(10(11)15(2)14-6)5-12-7-3-9(16)13-4-7/h7,12H,3-5H2,1-2H3,(H,13,16). The van der Waals surface area contributed by atoms with Gasteiger partial charge in [0.15, 0.2) is 0 Å². The van der Waals surface area contributed by atoms with Crippen molar-refractivity contribution in [3.8, 4) is 0 Å². The van der Waals surface area contributed by atoms with Gasteiger partial charge in [-0.1, -0.05) is 11.6 Å². The second-order valence-electron chi connectivity index (χ2n) is 4.06. The zero-order chi connectivity index (χ0) is 11.7. The first-order chi connectivity index (χ1) is 7.58. The number of hydrogen-bond donors (Lipinski definition) is 2. The van der Waals surface area contributed by atoms with Gasteiger partial charge < -0.3 is 10.6 Å².